The summed E-state index contributed by atoms with van der Waals surface area (Å²) in [6.07, 6.45) is 1.14. The largest absolute Gasteiger partial charge is 0.331 e. The first-order chi connectivity index (χ1) is 5.52. The fraction of sp³-hybridized carbons (Fsp3) is 0.889. The summed E-state index contributed by atoms with van der Waals surface area (Å²) in [6.45, 7) is 5.22. The predicted octanol–water partition coefficient (Wildman–Crippen LogP) is 1.40. The molecule has 0 radical (unpaired) electrons. The number of nitrogens with zero attached hydrogens (tertiary/aromatic N) is 2. The highest BCUT2D eigenvalue weighted by Crippen LogP contribution is 2.22. The second kappa shape index (κ2) is 3.33. The zero-order valence-corrected chi connectivity index (χ0v) is 8.37. The van der Waals surface area contributed by atoms with Crippen molar-refractivity contribution in [2.45, 2.75) is 26.3 Å². The molecule has 0 spiro atoms. The molecule has 0 aromatic rings. The molecular formula is C9H18N2O. The Hall–Kier alpha value is -0.730. The van der Waals surface area contributed by atoms with Crippen LogP contribution in [0.4, 0.5) is 4.79 Å². The van der Waals surface area contributed by atoms with E-state index in [9.17, 15) is 4.79 Å². The highest BCUT2D eigenvalue weighted by Gasteiger charge is 2.30. The molecule has 2 amide bonds. The van der Waals surface area contributed by atoms with Crippen LogP contribution in [0.25, 0.3) is 0 Å². The first-order valence-electron chi connectivity index (χ1n) is 4.50. The van der Waals surface area contributed by atoms with Gasteiger partial charge in [0.1, 0.15) is 0 Å². The van der Waals surface area contributed by atoms with Crippen LogP contribution < -0.4 is 0 Å². The third kappa shape index (κ3) is 1.71. The summed E-state index contributed by atoms with van der Waals surface area (Å²) < 4.78 is 0. The lowest BCUT2D eigenvalue weighted by Crippen LogP contribution is -2.41. The van der Waals surface area contributed by atoms with Gasteiger partial charge >= 0.3 is 6.03 Å². The lowest BCUT2D eigenvalue weighted by molar-refractivity contribution is 0.168. The summed E-state index contributed by atoms with van der Waals surface area (Å²) in [7, 11) is 3.61. The van der Waals surface area contributed by atoms with Crippen LogP contribution in [0.1, 0.15) is 20.3 Å². The lowest BCUT2D eigenvalue weighted by Gasteiger charge is -2.25. The van der Waals surface area contributed by atoms with Gasteiger partial charge in [-0.25, -0.2) is 4.79 Å². The molecule has 1 rings (SSSR count). The van der Waals surface area contributed by atoms with Gasteiger partial charge in [0.15, 0.2) is 0 Å². The van der Waals surface area contributed by atoms with Gasteiger partial charge < -0.3 is 9.80 Å². The lowest BCUT2D eigenvalue weighted by atomic mass is 10.1. The van der Waals surface area contributed by atoms with E-state index in [2.05, 4.69) is 13.8 Å². The van der Waals surface area contributed by atoms with E-state index in [1.54, 1.807) is 19.0 Å². The van der Waals surface area contributed by atoms with E-state index in [1.807, 2.05) is 4.90 Å². The molecule has 3 nitrogen and oxygen atoms in total. The van der Waals surface area contributed by atoms with Gasteiger partial charge in [-0.2, -0.15) is 0 Å². The minimum absolute atomic E-state index is 0.145. The van der Waals surface area contributed by atoms with Gasteiger partial charge in [0, 0.05) is 26.7 Å². The average molecular weight is 170 g/mol. The molecule has 1 aliphatic heterocycles. The van der Waals surface area contributed by atoms with Crippen molar-refractivity contribution in [3.8, 4) is 0 Å². The quantitative estimate of drug-likeness (QED) is 0.539. The number of urea groups is 1. The summed E-state index contributed by atoms with van der Waals surface area (Å²) in [4.78, 5) is 15.1. The molecule has 3 heteroatoms. The van der Waals surface area contributed by atoms with Crippen LogP contribution in [-0.4, -0.2) is 42.5 Å². The molecule has 12 heavy (non-hydrogen) atoms. The highest BCUT2D eigenvalue weighted by atomic mass is 16.2. The summed E-state index contributed by atoms with van der Waals surface area (Å²) in [5.74, 6) is 0.656. The monoisotopic (exact) mass is 170 g/mol. The van der Waals surface area contributed by atoms with Gasteiger partial charge in [0.25, 0.3) is 0 Å². The van der Waals surface area contributed by atoms with Gasteiger partial charge in [-0.3, -0.25) is 0 Å². The second-order valence-electron chi connectivity index (χ2n) is 4.02. The van der Waals surface area contributed by atoms with Crippen molar-refractivity contribution in [2.75, 3.05) is 20.6 Å². The third-order valence-electron chi connectivity index (χ3n) is 2.41. The first kappa shape index (κ1) is 9.36. The van der Waals surface area contributed by atoms with Crippen molar-refractivity contribution >= 4 is 6.03 Å². The second-order valence-corrected chi connectivity index (χ2v) is 4.02. The van der Waals surface area contributed by atoms with Gasteiger partial charge in [-0.15, -0.1) is 0 Å². The van der Waals surface area contributed by atoms with Crippen LogP contribution in [0, 0.1) is 5.92 Å². The van der Waals surface area contributed by atoms with Crippen molar-refractivity contribution in [3.05, 3.63) is 0 Å². The Labute approximate surface area is 74.3 Å². The molecule has 70 valence electrons. The third-order valence-corrected chi connectivity index (χ3v) is 2.41. The molecule has 1 heterocycles. The van der Waals surface area contributed by atoms with Crippen LogP contribution >= 0.6 is 0 Å². The minimum Gasteiger partial charge on any atom is -0.331 e. The Morgan fingerprint density at radius 2 is 2.00 bits per heavy atom. The molecule has 0 aromatic carbocycles. The molecule has 0 saturated carbocycles. The Balaban J connectivity index is 2.58. The number of rotatable bonds is 0. The number of hydrogen-bond donors (Lipinski definition) is 0. The molecule has 1 fully saturated rings. The van der Waals surface area contributed by atoms with Crippen molar-refractivity contribution in [3.63, 3.8) is 0 Å². The SMILES string of the molecule is CC1CC(C)N(C(=O)N(C)C)C1. The van der Waals surface area contributed by atoms with E-state index < -0.39 is 0 Å². The molecule has 1 saturated heterocycles. The predicted molar refractivity (Wildman–Crippen MR) is 49.0 cm³/mol. The van der Waals surface area contributed by atoms with E-state index in [0.29, 0.717) is 12.0 Å². The van der Waals surface area contributed by atoms with Crippen LogP contribution in [0.5, 0.6) is 0 Å². The van der Waals surface area contributed by atoms with Gasteiger partial charge in [-0.05, 0) is 19.3 Å². The number of hydrogen-bond acceptors (Lipinski definition) is 1. The molecule has 2 unspecified atom stereocenters. The summed E-state index contributed by atoms with van der Waals surface area (Å²) >= 11 is 0. The van der Waals surface area contributed by atoms with E-state index in [0.717, 1.165) is 13.0 Å². The number of amides is 2. The number of carbonyl (C=O) groups excluding carboxylic acids is 1. The van der Waals surface area contributed by atoms with Crippen molar-refractivity contribution in [1.29, 1.82) is 0 Å². The van der Waals surface area contributed by atoms with Crippen LogP contribution in [0.3, 0.4) is 0 Å². The molecule has 0 aliphatic carbocycles. The minimum atomic E-state index is 0.145. The number of likely N-dealkylation sites (tertiary alicyclic amines) is 1. The first-order valence-corrected chi connectivity index (χ1v) is 4.50. The van der Waals surface area contributed by atoms with Crippen LogP contribution in [0.15, 0.2) is 0 Å². The zero-order valence-electron chi connectivity index (χ0n) is 8.37. The fourth-order valence-electron chi connectivity index (χ4n) is 1.82. The number of carbonyl (C=O) groups is 1. The Bertz CT molecular complexity index is 179. The van der Waals surface area contributed by atoms with Crippen molar-refractivity contribution in [2.24, 2.45) is 5.92 Å². The maximum Gasteiger partial charge on any atom is 0.319 e. The van der Waals surface area contributed by atoms with E-state index in [4.69, 9.17) is 0 Å². The average Bonchev–Trinajstić information content (AvgIpc) is 2.28. The van der Waals surface area contributed by atoms with Crippen molar-refractivity contribution < 1.29 is 4.79 Å². The normalized spacial score (nSPS) is 29.2. The Morgan fingerprint density at radius 1 is 1.42 bits per heavy atom. The Kier molecular flexibility index (Phi) is 2.60. The summed E-state index contributed by atoms with van der Waals surface area (Å²) in [6, 6.07) is 0.557. The molecule has 0 bridgehead atoms. The van der Waals surface area contributed by atoms with Crippen LogP contribution in [0.2, 0.25) is 0 Å². The molecule has 0 N–H and O–H groups in total. The molecule has 2 atom stereocenters. The van der Waals surface area contributed by atoms with E-state index >= 15 is 0 Å². The highest BCUT2D eigenvalue weighted by molar-refractivity contribution is 5.74. The fourth-order valence-corrected chi connectivity index (χ4v) is 1.82. The van der Waals surface area contributed by atoms with E-state index in [-0.39, 0.29) is 6.03 Å². The van der Waals surface area contributed by atoms with Crippen LogP contribution in [-0.2, 0) is 0 Å². The molecular weight excluding hydrogens is 152 g/mol. The standard InChI is InChI=1S/C9H18N2O/c1-7-5-8(2)11(6-7)9(12)10(3)4/h7-8H,5-6H2,1-4H3. The Morgan fingerprint density at radius 3 is 2.33 bits per heavy atom. The summed E-state index contributed by atoms with van der Waals surface area (Å²) in [5.41, 5.74) is 0. The maximum atomic E-state index is 11.6. The smallest absolute Gasteiger partial charge is 0.319 e. The molecule has 1 aliphatic rings. The zero-order chi connectivity index (χ0) is 9.30. The van der Waals surface area contributed by atoms with Gasteiger partial charge in [0.05, 0.1) is 0 Å². The summed E-state index contributed by atoms with van der Waals surface area (Å²) in [5, 5.41) is 0. The van der Waals surface area contributed by atoms with Gasteiger partial charge in [-0.1, -0.05) is 6.92 Å². The van der Waals surface area contributed by atoms with Crippen molar-refractivity contribution in [1.82, 2.24) is 9.80 Å². The topological polar surface area (TPSA) is 23.6 Å². The molecule has 0 aromatic heterocycles. The van der Waals surface area contributed by atoms with E-state index in [1.165, 1.54) is 0 Å². The maximum absolute atomic E-state index is 11.6. The van der Waals surface area contributed by atoms with Gasteiger partial charge in [0.2, 0.25) is 0 Å².